The molecule has 19 heteroatoms. The van der Waals surface area contributed by atoms with E-state index in [1.54, 1.807) is 6.92 Å². The van der Waals surface area contributed by atoms with Crippen LogP contribution in [-0.2, 0) is 38.2 Å². The predicted octanol–water partition coefficient (Wildman–Crippen LogP) is -3.21. The summed E-state index contributed by atoms with van der Waals surface area (Å²) in [4.78, 5) is 10.6. The quantitative estimate of drug-likeness (QED) is 0.0426. The first kappa shape index (κ1) is 48.6. The van der Waals surface area contributed by atoms with Crippen LogP contribution in [0, 0.1) is 29.1 Å². The van der Waals surface area contributed by atoms with Gasteiger partial charge in [-0.25, -0.2) is 9.78 Å². The van der Waals surface area contributed by atoms with Gasteiger partial charge in [-0.2, -0.15) is 0 Å². The second kappa shape index (κ2) is 21.5. The van der Waals surface area contributed by atoms with Crippen LogP contribution in [0.3, 0.4) is 0 Å². The first-order chi connectivity index (χ1) is 25.6. The van der Waals surface area contributed by atoms with Gasteiger partial charge in [0.05, 0.1) is 94.7 Å². The van der Waals surface area contributed by atoms with E-state index < -0.39 is 136 Å². The summed E-state index contributed by atoms with van der Waals surface area (Å²) in [6.07, 6.45) is -17.2. The van der Waals surface area contributed by atoms with E-state index in [0.29, 0.717) is 0 Å². The maximum Gasteiger partial charge on any atom is 0.162 e. The van der Waals surface area contributed by atoms with Crippen LogP contribution in [0.1, 0.15) is 54.9 Å². The Morgan fingerprint density at radius 3 is 1.82 bits per heavy atom. The van der Waals surface area contributed by atoms with Gasteiger partial charge < -0.3 is 84.6 Å². The lowest BCUT2D eigenvalue weighted by atomic mass is 9.79. The summed E-state index contributed by atoms with van der Waals surface area (Å²) in [6.45, 7) is 9.91. The third-order valence-corrected chi connectivity index (χ3v) is 10.4. The lowest BCUT2D eigenvalue weighted by molar-refractivity contribution is -0.380. The zero-order valence-corrected chi connectivity index (χ0v) is 32.9. The Morgan fingerprint density at radius 1 is 0.691 bits per heavy atom. The van der Waals surface area contributed by atoms with Gasteiger partial charge >= 0.3 is 0 Å². The summed E-state index contributed by atoms with van der Waals surface area (Å²) in [5.41, 5.74) is -2.41. The Morgan fingerprint density at radius 2 is 1.25 bits per heavy atom. The maximum atomic E-state index is 11.1. The minimum absolute atomic E-state index is 0.0577. The molecule has 0 aromatic heterocycles. The highest BCUT2D eigenvalue weighted by Gasteiger charge is 2.51. The Kier molecular flexibility index (Phi) is 19.0. The van der Waals surface area contributed by atoms with Gasteiger partial charge in [-0.1, -0.05) is 34.6 Å². The van der Waals surface area contributed by atoms with E-state index in [-0.39, 0.29) is 44.2 Å². The molecular formula is C36H68O19. The summed E-state index contributed by atoms with van der Waals surface area (Å²) in [7, 11) is 0. The van der Waals surface area contributed by atoms with E-state index >= 15 is 0 Å². The summed E-state index contributed by atoms with van der Waals surface area (Å²) >= 11 is 0. The Hall–Kier alpha value is -0.760. The number of aliphatic hydroxyl groups excluding tert-OH is 10. The topological polar surface area (TPSA) is 296 Å². The van der Waals surface area contributed by atoms with Crippen LogP contribution in [0.4, 0.5) is 0 Å². The zero-order chi connectivity index (χ0) is 41.4. The number of ether oxygens (including phenoxy) is 6. The highest BCUT2D eigenvalue weighted by Crippen LogP contribution is 2.34. The molecule has 3 aliphatic heterocycles. The number of rotatable bonds is 20. The average Bonchev–Trinajstić information content (AvgIpc) is 3.08. The van der Waals surface area contributed by atoms with Crippen molar-refractivity contribution >= 4 is 0 Å². The smallest absolute Gasteiger partial charge is 0.162 e. The fraction of sp³-hybridized carbons (Fsp3) is 1.00. The van der Waals surface area contributed by atoms with E-state index in [9.17, 15) is 56.2 Å². The van der Waals surface area contributed by atoms with Crippen molar-refractivity contribution in [3.63, 3.8) is 0 Å². The van der Waals surface area contributed by atoms with Crippen LogP contribution in [-0.4, -0.2) is 200 Å². The van der Waals surface area contributed by atoms with Crippen molar-refractivity contribution in [3.8, 4) is 0 Å². The van der Waals surface area contributed by atoms with Gasteiger partial charge in [-0.15, -0.1) is 0 Å². The third-order valence-electron chi connectivity index (χ3n) is 10.4. The van der Waals surface area contributed by atoms with Gasteiger partial charge in [0.1, 0.15) is 48.8 Å². The van der Waals surface area contributed by atoms with Crippen molar-refractivity contribution in [1.82, 2.24) is 0 Å². The molecule has 0 aromatic carbocycles. The van der Waals surface area contributed by atoms with Gasteiger partial charge in [-0.3, -0.25) is 0 Å². The molecule has 0 aliphatic carbocycles. The monoisotopic (exact) mass is 804 g/mol. The van der Waals surface area contributed by atoms with Gasteiger partial charge in [-0.05, 0) is 31.6 Å². The first-order valence-electron chi connectivity index (χ1n) is 19.0. The largest absolute Gasteiger partial charge is 0.391 e. The van der Waals surface area contributed by atoms with Crippen LogP contribution in [0.5, 0.6) is 0 Å². The molecule has 326 valence electrons. The summed E-state index contributed by atoms with van der Waals surface area (Å²) < 4.78 is 33.6. The lowest BCUT2D eigenvalue weighted by Crippen LogP contribution is -2.62. The molecule has 0 amide bonds. The molecule has 0 radical (unpaired) electrons. The summed E-state index contributed by atoms with van der Waals surface area (Å²) in [6, 6.07) is 0. The molecule has 0 spiro atoms. The molecule has 0 saturated carbocycles. The van der Waals surface area contributed by atoms with E-state index in [2.05, 4.69) is 0 Å². The SMILES string of the molecule is CC(O)COCC1OC(COCC2C(O)OC(COCC3C(O)OCC(O)(COOC(CC(C)(C)C)C(O)C(C)O)C3O)C(O)C2O)C(O)C(O)C1C(C)C. The van der Waals surface area contributed by atoms with E-state index in [0.717, 1.165) is 0 Å². The molecular weight excluding hydrogens is 736 g/mol. The zero-order valence-electron chi connectivity index (χ0n) is 32.9. The van der Waals surface area contributed by atoms with Crippen LogP contribution in [0.15, 0.2) is 0 Å². The minimum atomic E-state index is -2.09. The minimum Gasteiger partial charge on any atom is -0.391 e. The highest BCUT2D eigenvalue weighted by molar-refractivity contribution is 4.96. The Bertz CT molecular complexity index is 1090. The highest BCUT2D eigenvalue weighted by atomic mass is 17.2. The average molecular weight is 805 g/mol. The predicted molar refractivity (Wildman–Crippen MR) is 189 cm³/mol. The molecule has 18 unspecified atom stereocenters. The third kappa shape index (κ3) is 13.6. The molecule has 18 atom stereocenters. The normalized spacial score (nSPS) is 39.9. The van der Waals surface area contributed by atoms with Crippen molar-refractivity contribution < 1.29 is 94.4 Å². The molecule has 3 aliphatic rings. The molecule has 0 aromatic rings. The molecule has 55 heavy (non-hydrogen) atoms. The van der Waals surface area contributed by atoms with E-state index in [1.807, 2.05) is 34.6 Å². The van der Waals surface area contributed by atoms with Crippen LogP contribution < -0.4 is 0 Å². The summed E-state index contributed by atoms with van der Waals surface area (Å²) in [5, 5.41) is 116. The molecule has 3 saturated heterocycles. The van der Waals surface area contributed by atoms with Gasteiger partial charge in [0.2, 0.25) is 0 Å². The van der Waals surface area contributed by atoms with Gasteiger partial charge in [0.15, 0.2) is 12.6 Å². The fourth-order valence-corrected chi connectivity index (χ4v) is 7.13. The first-order valence-corrected chi connectivity index (χ1v) is 19.0. The van der Waals surface area contributed by atoms with Crippen molar-refractivity contribution in [2.75, 3.05) is 52.9 Å². The summed E-state index contributed by atoms with van der Waals surface area (Å²) in [5.74, 6) is -2.90. The van der Waals surface area contributed by atoms with Crippen molar-refractivity contribution in [3.05, 3.63) is 0 Å². The van der Waals surface area contributed by atoms with Crippen LogP contribution >= 0.6 is 0 Å². The van der Waals surface area contributed by atoms with E-state index in [1.165, 1.54) is 6.92 Å². The Labute approximate surface area is 322 Å². The number of hydrogen-bond donors (Lipinski definition) is 11. The second-order valence-corrected chi connectivity index (χ2v) is 17.0. The Balaban J connectivity index is 1.50. The van der Waals surface area contributed by atoms with Crippen molar-refractivity contribution in [2.45, 2.75) is 146 Å². The standard InChI is InChI=1S/C36H68O19/c1-17(2)26-23(12-48-9-18(3)37)53-24(30(42)31(26)43)13-49-10-20-28(40)29(41)25(54-34(20)46)14-50-11-21-32(44)36(47,15-51-33(21)45)16-52-55-22(8-35(5,6)7)27(39)19(4)38/h17-34,37-47H,8-16H2,1-7H3. The lowest BCUT2D eigenvalue weighted by Gasteiger charge is -2.45. The molecule has 19 nitrogen and oxygen atoms in total. The van der Waals surface area contributed by atoms with Crippen LogP contribution in [0.25, 0.3) is 0 Å². The van der Waals surface area contributed by atoms with Crippen molar-refractivity contribution in [1.29, 1.82) is 0 Å². The molecule has 11 N–H and O–H groups in total. The fourth-order valence-electron chi connectivity index (χ4n) is 7.13. The maximum absolute atomic E-state index is 11.1. The van der Waals surface area contributed by atoms with Crippen molar-refractivity contribution in [2.24, 2.45) is 29.1 Å². The van der Waals surface area contributed by atoms with E-state index in [4.69, 9.17) is 38.2 Å². The number of aliphatic hydroxyl groups is 11. The van der Waals surface area contributed by atoms with Gasteiger partial charge in [0, 0.05) is 5.92 Å². The second-order valence-electron chi connectivity index (χ2n) is 17.0. The molecule has 0 bridgehead atoms. The molecule has 3 rings (SSSR count). The van der Waals surface area contributed by atoms with Gasteiger partial charge in [0.25, 0.3) is 0 Å². The number of hydrogen-bond acceptors (Lipinski definition) is 19. The molecule has 3 heterocycles. The molecule has 3 fully saturated rings. The van der Waals surface area contributed by atoms with Crippen LogP contribution in [0.2, 0.25) is 0 Å².